The van der Waals surface area contributed by atoms with Crippen molar-refractivity contribution in [2.24, 2.45) is 0 Å². The molecule has 2 N–H and O–H groups in total. The molecule has 1 heterocycles. The summed E-state index contributed by atoms with van der Waals surface area (Å²) in [5.41, 5.74) is 5.84. The molecule has 0 bridgehead atoms. The van der Waals surface area contributed by atoms with Crippen LogP contribution in [-0.4, -0.2) is 23.1 Å². The van der Waals surface area contributed by atoms with E-state index in [1.807, 2.05) is 6.07 Å². The first-order valence-electron chi connectivity index (χ1n) is 6.47. The van der Waals surface area contributed by atoms with Gasteiger partial charge in [0.15, 0.2) is 0 Å². The van der Waals surface area contributed by atoms with Crippen molar-refractivity contribution in [2.45, 2.75) is 46.5 Å². The van der Waals surface area contributed by atoms with Crippen LogP contribution in [-0.2, 0) is 0 Å². The Labute approximate surface area is 104 Å². The number of hydrogen-bond donors (Lipinski definition) is 1. The van der Waals surface area contributed by atoms with Gasteiger partial charge in [-0.25, -0.2) is 9.97 Å². The van der Waals surface area contributed by atoms with Gasteiger partial charge in [-0.1, -0.05) is 27.2 Å². The van der Waals surface area contributed by atoms with Crippen LogP contribution in [0.5, 0.6) is 0 Å². The van der Waals surface area contributed by atoms with Gasteiger partial charge in [-0.2, -0.15) is 0 Å². The molecule has 0 saturated carbocycles. The largest absolute Gasteiger partial charge is 0.384 e. The molecule has 0 unspecified atom stereocenters. The highest BCUT2D eigenvalue weighted by atomic mass is 15.2. The maximum absolute atomic E-state index is 5.84. The lowest BCUT2D eigenvalue weighted by atomic mass is 10.2. The summed E-state index contributed by atoms with van der Waals surface area (Å²) >= 11 is 0. The highest BCUT2D eigenvalue weighted by Gasteiger charge is 2.10. The smallest absolute Gasteiger partial charge is 0.135 e. The monoisotopic (exact) mass is 236 g/mol. The van der Waals surface area contributed by atoms with Crippen LogP contribution in [0.4, 0.5) is 11.6 Å². The van der Waals surface area contributed by atoms with Crippen LogP contribution in [0.25, 0.3) is 0 Å². The molecule has 0 fully saturated rings. The second-order valence-corrected chi connectivity index (χ2v) is 4.60. The Hall–Kier alpha value is -1.32. The molecule has 0 aliphatic heterocycles. The number of nitrogens with zero attached hydrogens (tertiary/aromatic N) is 3. The maximum Gasteiger partial charge on any atom is 0.135 e. The summed E-state index contributed by atoms with van der Waals surface area (Å²) in [4.78, 5) is 11.1. The highest BCUT2D eigenvalue weighted by molar-refractivity contribution is 5.47. The minimum absolute atomic E-state index is 0.308. The van der Waals surface area contributed by atoms with Crippen molar-refractivity contribution in [1.82, 2.24) is 9.97 Å². The third kappa shape index (κ3) is 3.88. The van der Waals surface area contributed by atoms with Gasteiger partial charge in [-0.3, -0.25) is 0 Å². The molecule has 0 aromatic carbocycles. The van der Waals surface area contributed by atoms with Gasteiger partial charge in [0.1, 0.15) is 17.5 Å². The molecule has 4 heteroatoms. The normalized spacial score (nSPS) is 10.9. The van der Waals surface area contributed by atoms with E-state index in [-0.39, 0.29) is 0 Å². The van der Waals surface area contributed by atoms with Crippen LogP contribution in [0, 0.1) is 0 Å². The molecule has 96 valence electrons. The molecule has 17 heavy (non-hydrogen) atoms. The number of nitrogen functional groups attached to an aromatic ring is 1. The van der Waals surface area contributed by atoms with Crippen LogP contribution in [0.2, 0.25) is 0 Å². The molecular formula is C13H24N4. The second-order valence-electron chi connectivity index (χ2n) is 4.60. The van der Waals surface area contributed by atoms with Crippen molar-refractivity contribution in [3.63, 3.8) is 0 Å². The minimum atomic E-state index is 0.308. The Bertz CT molecular complexity index is 349. The SMILES string of the molecule is CCCCN(CC)c1cc(N)nc(C(C)C)n1. The van der Waals surface area contributed by atoms with Crippen LogP contribution in [0.1, 0.15) is 52.3 Å². The second kappa shape index (κ2) is 6.42. The first-order valence-corrected chi connectivity index (χ1v) is 6.47. The third-order valence-corrected chi connectivity index (χ3v) is 2.75. The summed E-state index contributed by atoms with van der Waals surface area (Å²) in [6, 6.07) is 1.87. The zero-order valence-corrected chi connectivity index (χ0v) is 11.4. The zero-order valence-electron chi connectivity index (χ0n) is 11.4. The Morgan fingerprint density at radius 2 is 2.00 bits per heavy atom. The highest BCUT2D eigenvalue weighted by Crippen LogP contribution is 2.18. The maximum atomic E-state index is 5.84. The molecule has 0 spiro atoms. The summed E-state index contributed by atoms with van der Waals surface area (Å²) in [6.07, 6.45) is 2.36. The van der Waals surface area contributed by atoms with Crippen LogP contribution in [0.3, 0.4) is 0 Å². The van der Waals surface area contributed by atoms with Gasteiger partial charge >= 0.3 is 0 Å². The molecule has 0 radical (unpaired) electrons. The Morgan fingerprint density at radius 1 is 1.29 bits per heavy atom. The lowest BCUT2D eigenvalue weighted by Crippen LogP contribution is -2.25. The first-order chi connectivity index (χ1) is 8.08. The topological polar surface area (TPSA) is 55.0 Å². The summed E-state index contributed by atoms with van der Waals surface area (Å²) in [6.45, 7) is 10.5. The zero-order chi connectivity index (χ0) is 12.8. The fourth-order valence-corrected chi connectivity index (χ4v) is 1.68. The molecule has 0 saturated heterocycles. The van der Waals surface area contributed by atoms with Gasteiger partial charge in [0.05, 0.1) is 0 Å². The Balaban J connectivity index is 2.94. The van der Waals surface area contributed by atoms with Gasteiger partial charge in [0.2, 0.25) is 0 Å². The van der Waals surface area contributed by atoms with E-state index in [1.54, 1.807) is 0 Å². The van der Waals surface area contributed by atoms with E-state index in [0.29, 0.717) is 11.7 Å². The molecule has 0 atom stereocenters. The molecule has 1 rings (SSSR count). The van der Waals surface area contributed by atoms with E-state index in [0.717, 1.165) is 24.7 Å². The molecule has 0 aliphatic rings. The van der Waals surface area contributed by atoms with E-state index >= 15 is 0 Å². The van der Waals surface area contributed by atoms with Crippen molar-refractivity contribution >= 4 is 11.6 Å². The number of anilines is 2. The number of aromatic nitrogens is 2. The molecule has 1 aromatic rings. The fraction of sp³-hybridized carbons (Fsp3) is 0.692. The summed E-state index contributed by atoms with van der Waals surface area (Å²) in [5.74, 6) is 2.66. The first kappa shape index (κ1) is 13.7. The molecule has 4 nitrogen and oxygen atoms in total. The molecular weight excluding hydrogens is 212 g/mol. The standard InChI is InChI=1S/C13H24N4/c1-5-7-8-17(6-2)12-9-11(14)15-13(16-12)10(3)4/h9-10H,5-8H2,1-4H3,(H2,14,15,16). The van der Waals surface area contributed by atoms with E-state index < -0.39 is 0 Å². The van der Waals surface area contributed by atoms with Gasteiger partial charge in [0.25, 0.3) is 0 Å². The van der Waals surface area contributed by atoms with Crippen LogP contribution >= 0.6 is 0 Å². The number of rotatable bonds is 6. The molecule has 0 aliphatic carbocycles. The van der Waals surface area contributed by atoms with Crippen molar-refractivity contribution < 1.29 is 0 Å². The molecule has 1 aromatic heterocycles. The van der Waals surface area contributed by atoms with Gasteiger partial charge in [-0.15, -0.1) is 0 Å². The van der Waals surface area contributed by atoms with Crippen LogP contribution < -0.4 is 10.6 Å². The van der Waals surface area contributed by atoms with E-state index in [4.69, 9.17) is 5.73 Å². The lowest BCUT2D eigenvalue weighted by molar-refractivity contribution is 0.709. The van der Waals surface area contributed by atoms with Gasteiger partial charge in [0, 0.05) is 25.1 Å². The Kier molecular flexibility index (Phi) is 5.19. The summed E-state index contributed by atoms with van der Waals surface area (Å²) < 4.78 is 0. The Morgan fingerprint density at radius 3 is 2.53 bits per heavy atom. The lowest BCUT2D eigenvalue weighted by Gasteiger charge is -2.22. The number of nitrogens with two attached hydrogens (primary N) is 1. The number of unbranched alkanes of at least 4 members (excludes halogenated alkanes) is 1. The quantitative estimate of drug-likeness (QED) is 0.825. The van der Waals surface area contributed by atoms with Crippen molar-refractivity contribution in [3.8, 4) is 0 Å². The molecule has 0 amide bonds. The van der Waals surface area contributed by atoms with Crippen molar-refractivity contribution in [1.29, 1.82) is 0 Å². The van der Waals surface area contributed by atoms with Crippen molar-refractivity contribution in [2.75, 3.05) is 23.7 Å². The predicted octanol–water partition coefficient (Wildman–Crippen LogP) is 2.81. The summed E-state index contributed by atoms with van der Waals surface area (Å²) in [5, 5.41) is 0. The van der Waals surface area contributed by atoms with Crippen LogP contribution in [0.15, 0.2) is 6.07 Å². The summed E-state index contributed by atoms with van der Waals surface area (Å²) in [7, 11) is 0. The average Bonchev–Trinajstić information content (AvgIpc) is 2.29. The van der Waals surface area contributed by atoms with E-state index in [2.05, 4.69) is 42.6 Å². The minimum Gasteiger partial charge on any atom is -0.384 e. The average molecular weight is 236 g/mol. The van der Waals surface area contributed by atoms with E-state index in [1.165, 1.54) is 12.8 Å². The predicted molar refractivity (Wildman–Crippen MR) is 73.3 cm³/mol. The van der Waals surface area contributed by atoms with Crippen molar-refractivity contribution in [3.05, 3.63) is 11.9 Å². The van der Waals surface area contributed by atoms with Gasteiger partial charge < -0.3 is 10.6 Å². The number of hydrogen-bond acceptors (Lipinski definition) is 4. The fourth-order valence-electron chi connectivity index (χ4n) is 1.68. The third-order valence-electron chi connectivity index (χ3n) is 2.75. The van der Waals surface area contributed by atoms with E-state index in [9.17, 15) is 0 Å². The van der Waals surface area contributed by atoms with Gasteiger partial charge in [-0.05, 0) is 13.3 Å².